The van der Waals surface area contributed by atoms with E-state index in [1.54, 1.807) is 0 Å². The fourth-order valence-corrected chi connectivity index (χ4v) is 1.92. The van der Waals surface area contributed by atoms with Crippen molar-refractivity contribution in [2.45, 2.75) is 33.2 Å². The summed E-state index contributed by atoms with van der Waals surface area (Å²) in [6, 6.07) is 6.87. The zero-order chi connectivity index (χ0) is 12.0. The van der Waals surface area contributed by atoms with E-state index in [4.69, 9.17) is 4.74 Å². The SMILES string of the molecule is CCOCC(Cc1c(C)cccc1C)NC. The maximum absolute atomic E-state index is 5.48. The number of hydrogen-bond acceptors (Lipinski definition) is 2. The highest BCUT2D eigenvalue weighted by atomic mass is 16.5. The number of rotatable bonds is 6. The molecular weight excluding hydrogens is 198 g/mol. The first-order chi connectivity index (χ1) is 7.69. The van der Waals surface area contributed by atoms with Crippen LogP contribution in [0, 0.1) is 13.8 Å². The fourth-order valence-electron chi connectivity index (χ4n) is 1.92. The van der Waals surface area contributed by atoms with Crippen molar-refractivity contribution in [3.05, 3.63) is 34.9 Å². The summed E-state index contributed by atoms with van der Waals surface area (Å²) in [6.07, 6.45) is 1.04. The minimum atomic E-state index is 0.403. The van der Waals surface area contributed by atoms with Crippen molar-refractivity contribution in [2.24, 2.45) is 0 Å². The van der Waals surface area contributed by atoms with Crippen molar-refractivity contribution in [1.29, 1.82) is 0 Å². The maximum atomic E-state index is 5.48. The van der Waals surface area contributed by atoms with Gasteiger partial charge in [0.2, 0.25) is 0 Å². The van der Waals surface area contributed by atoms with Gasteiger partial charge in [0.15, 0.2) is 0 Å². The molecular formula is C14H23NO. The van der Waals surface area contributed by atoms with Crippen molar-refractivity contribution in [3.63, 3.8) is 0 Å². The molecule has 1 N–H and O–H groups in total. The van der Waals surface area contributed by atoms with Gasteiger partial charge in [-0.2, -0.15) is 0 Å². The van der Waals surface area contributed by atoms with Gasteiger partial charge in [0.05, 0.1) is 6.61 Å². The highest BCUT2D eigenvalue weighted by Gasteiger charge is 2.10. The summed E-state index contributed by atoms with van der Waals surface area (Å²) < 4.78 is 5.48. The average molecular weight is 221 g/mol. The third-order valence-corrected chi connectivity index (χ3v) is 3.03. The molecule has 0 radical (unpaired) electrons. The van der Waals surface area contributed by atoms with Gasteiger partial charge >= 0.3 is 0 Å². The first kappa shape index (κ1) is 13.2. The Morgan fingerprint density at radius 3 is 2.38 bits per heavy atom. The van der Waals surface area contributed by atoms with Gasteiger partial charge in [-0.3, -0.25) is 0 Å². The fraction of sp³-hybridized carbons (Fsp3) is 0.571. The minimum Gasteiger partial charge on any atom is -0.380 e. The number of aryl methyl sites for hydroxylation is 2. The molecule has 90 valence electrons. The molecule has 2 nitrogen and oxygen atoms in total. The summed E-state index contributed by atoms with van der Waals surface area (Å²) in [5, 5.41) is 3.31. The minimum absolute atomic E-state index is 0.403. The molecule has 0 fully saturated rings. The van der Waals surface area contributed by atoms with Gasteiger partial charge in [0.1, 0.15) is 0 Å². The van der Waals surface area contributed by atoms with Gasteiger partial charge < -0.3 is 10.1 Å². The third kappa shape index (κ3) is 3.62. The molecule has 0 aliphatic carbocycles. The lowest BCUT2D eigenvalue weighted by Crippen LogP contribution is -2.33. The van der Waals surface area contributed by atoms with Gasteiger partial charge in [0.25, 0.3) is 0 Å². The van der Waals surface area contributed by atoms with E-state index in [1.165, 1.54) is 16.7 Å². The zero-order valence-corrected chi connectivity index (χ0v) is 10.8. The van der Waals surface area contributed by atoms with Crippen molar-refractivity contribution in [3.8, 4) is 0 Å². The number of ether oxygens (including phenoxy) is 1. The summed E-state index contributed by atoms with van der Waals surface area (Å²) >= 11 is 0. The Balaban J connectivity index is 2.69. The standard InChI is InChI=1S/C14H23NO/c1-5-16-10-13(15-4)9-14-11(2)7-6-8-12(14)3/h6-8,13,15H,5,9-10H2,1-4H3. The zero-order valence-electron chi connectivity index (χ0n) is 10.8. The molecule has 2 heteroatoms. The summed E-state index contributed by atoms with van der Waals surface area (Å²) in [4.78, 5) is 0. The molecule has 1 unspecified atom stereocenters. The summed E-state index contributed by atoms with van der Waals surface area (Å²) in [5.41, 5.74) is 4.19. The summed E-state index contributed by atoms with van der Waals surface area (Å²) in [6.45, 7) is 7.95. The molecule has 0 heterocycles. The molecule has 0 aliphatic rings. The van der Waals surface area contributed by atoms with Crippen LogP contribution in [0.3, 0.4) is 0 Å². The van der Waals surface area contributed by atoms with Crippen molar-refractivity contribution in [1.82, 2.24) is 5.32 Å². The van der Waals surface area contributed by atoms with Gasteiger partial charge in [-0.05, 0) is 50.9 Å². The number of nitrogens with one attached hydrogen (secondary N) is 1. The van der Waals surface area contributed by atoms with Gasteiger partial charge in [-0.1, -0.05) is 18.2 Å². The lowest BCUT2D eigenvalue weighted by atomic mass is 9.97. The Bertz CT molecular complexity index is 302. The predicted molar refractivity (Wildman–Crippen MR) is 69.0 cm³/mol. The van der Waals surface area contributed by atoms with E-state index in [1.807, 2.05) is 14.0 Å². The Kier molecular flexibility index (Phi) is 5.50. The van der Waals surface area contributed by atoms with E-state index in [2.05, 4.69) is 37.4 Å². The third-order valence-electron chi connectivity index (χ3n) is 3.03. The molecule has 0 saturated heterocycles. The Morgan fingerprint density at radius 1 is 1.25 bits per heavy atom. The second kappa shape index (κ2) is 6.66. The van der Waals surface area contributed by atoms with E-state index in [0.29, 0.717) is 6.04 Å². The van der Waals surface area contributed by atoms with Crippen LogP contribution in [0.2, 0.25) is 0 Å². The van der Waals surface area contributed by atoms with Crippen molar-refractivity contribution < 1.29 is 4.74 Å². The monoisotopic (exact) mass is 221 g/mol. The van der Waals surface area contributed by atoms with E-state index in [-0.39, 0.29) is 0 Å². The van der Waals surface area contributed by atoms with Crippen molar-refractivity contribution >= 4 is 0 Å². The lowest BCUT2D eigenvalue weighted by Gasteiger charge is -2.18. The smallest absolute Gasteiger partial charge is 0.0622 e. The summed E-state index contributed by atoms with van der Waals surface area (Å²) in [5.74, 6) is 0. The Hall–Kier alpha value is -0.860. The Morgan fingerprint density at radius 2 is 1.88 bits per heavy atom. The predicted octanol–water partition coefficient (Wildman–Crippen LogP) is 2.47. The number of hydrogen-bond donors (Lipinski definition) is 1. The molecule has 1 rings (SSSR count). The maximum Gasteiger partial charge on any atom is 0.0622 e. The molecule has 16 heavy (non-hydrogen) atoms. The quantitative estimate of drug-likeness (QED) is 0.797. The van der Waals surface area contributed by atoms with Crippen LogP contribution in [-0.4, -0.2) is 26.3 Å². The van der Waals surface area contributed by atoms with E-state index >= 15 is 0 Å². The molecule has 0 aliphatic heterocycles. The molecule has 0 amide bonds. The summed E-state index contributed by atoms with van der Waals surface area (Å²) in [7, 11) is 2.00. The second-order valence-corrected chi connectivity index (χ2v) is 4.22. The van der Waals surface area contributed by atoms with Crippen LogP contribution in [0.5, 0.6) is 0 Å². The van der Waals surface area contributed by atoms with Gasteiger partial charge in [-0.25, -0.2) is 0 Å². The van der Waals surface area contributed by atoms with Crippen LogP contribution < -0.4 is 5.32 Å². The van der Waals surface area contributed by atoms with Crippen molar-refractivity contribution in [2.75, 3.05) is 20.3 Å². The first-order valence-corrected chi connectivity index (χ1v) is 5.99. The van der Waals surface area contributed by atoms with Crippen LogP contribution in [0.15, 0.2) is 18.2 Å². The topological polar surface area (TPSA) is 21.3 Å². The molecule has 1 atom stereocenters. The molecule has 0 bridgehead atoms. The first-order valence-electron chi connectivity index (χ1n) is 5.99. The number of likely N-dealkylation sites (N-methyl/N-ethyl adjacent to an activating group) is 1. The van der Waals surface area contributed by atoms with Gasteiger partial charge in [-0.15, -0.1) is 0 Å². The van der Waals surface area contributed by atoms with Crippen LogP contribution in [0.1, 0.15) is 23.6 Å². The molecule has 0 saturated carbocycles. The van der Waals surface area contributed by atoms with Crippen LogP contribution in [-0.2, 0) is 11.2 Å². The molecule has 0 spiro atoms. The second-order valence-electron chi connectivity index (χ2n) is 4.22. The highest BCUT2D eigenvalue weighted by Crippen LogP contribution is 2.15. The average Bonchev–Trinajstić information content (AvgIpc) is 2.28. The lowest BCUT2D eigenvalue weighted by molar-refractivity contribution is 0.125. The van der Waals surface area contributed by atoms with Crippen LogP contribution in [0.25, 0.3) is 0 Å². The highest BCUT2D eigenvalue weighted by molar-refractivity contribution is 5.34. The van der Waals surface area contributed by atoms with Crippen LogP contribution in [0.4, 0.5) is 0 Å². The van der Waals surface area contributed by atoms with E-state index < -0.39 is 0 Å². The molecule has 1 aromatic carbocycles. The van der Waals surface area contributed by atoms with E-state index in [0.717, 1.165) is 19.6 Å². The normalized spacial score (nSPS) is 12.8. The van der Waals surface area contributed by atoms with E-state index in [9.17, 15) is 0 Å². The molecule has 1 aromatic rings. The number of benzene rings is 1. The molecule has 0 aromatic heterocycles. The van der Waals surface area contributed by atoms with Gasteiger partial charge in [0, 0.05) is 12.6 Å². The largest absolute Gasteiger partial charge is 0.380 e. The van der Waals surface area contributed by atoms with Crippen LogP contribution >= 0.6 is 0 Å². The Labute approximate surface area is 99.0 Å².